The fraction of sp³-hybridized carbons (Fsp3) is 0.115. The van der Waals surface area contributed by atoms with Crippen LogP contribution in [-0.4, -0.2) is 15.0 Å². The zero-order valence-electron chi connectivity index (χ0n) is 18.0. The van der Waals surface area contributed by atoms with Crippen LogP contribution in [0.2, 0.25) is 0 Å². The number of rotatable bonds is 5. The number of hydrogen-bond acceptors (Lipinski definition) is 5. The van der Waals surface area contributed by atoms with Gasteiger partial charge in [0.1, 0.15) is 11.6 Å². The van der Waals surface area contributed by atoms with Crippen molar-refractivity contribution in [3.8, 4) is 22.3 Å². The number of halogens is 2. The van der Waals surface area contributed by atoms with E-state index in [-0.39, 0.29) is 6.04 Å². The Morgan fingerprint density at radius 3 is 2.55 bits per heavy atom. The molecule has 5 aromatic rings. The molecule has 3 aromatic carbocycles. The van der Waals surface area contributed by atoms with Crippen LogP contribution in [0.25, 0.3) is 32.5 Å². The quantitative estimate of drug-likeness (QED) is 0.192. The maximum absolute atomic E-state index is 4.78. The van der Waals surface area contributed by atoms with E-state index in [1.54, 1.807) is 11.3 Å². The van der Waals surface area contributed by atoms with Gasteiger partial charge in [-0.2, -0.15) is 0 Å². The van der Waals surface area contributed by atoms with Gasteiger partial charge in [-0.1, -0.05) is 42.5 Å². The number of nitrogens with zero attached hydrogens (tertiary/aromatic N) is 3. The van der Waals surface area contributed by atoms with Crippen molar-refractivity contribution in [3.63, 3.8) is 0 Å². The van der Waals surface area contributed by atoms with Gasteiger partial charge in [-0.25, -0.2) is 15.0 Å². The normalized spacial score (nSPS) is 12.1. The highest BCUT2D eigenvalue weighted by Gasteiger charge is 2.19. The summed E-state index contributed by atoms with van der Waals surface area (Å²) in [6.45, 7) is 4.12. The van der Waals surface area contributed by atoms with Gasteiger partial charge in [0.2, 0.25) is 0 Å². The Morgan fingerprint density at radius 2 is 1.73 bits per heavy atom. The van der Waals surface area contributed by atoms with Crippen LogP contribution in [0.5, 0.6) is 0 Å². The standard InChI is InChI=1S/C26H20I2N4S/c1-15(24-21(27)10-9-19(25(24)28)17-6-4-3-5-7-17)31-26-20(13-29-16(2)32-26)18-8-11-22-23(12-18)33-14-30-22/h3-15H,1-2H3,(H,29,31,32). The van der Waals surface area contributed by atoms with E-state index in [4.69, 9.17) is 4.98 Å². The van der Waals surface area contributed by atoms with Crippen LogP contribution < -0.4 is 5.32 Å². The summed E-state index contributed by atoms with van der Waals surface area (Å²) in [6.07, 6.45) is 1.91. The largest absolute Gasteiger partial charge is 0.363 e. The van der Waals surface area contributed by atoms with E-state index in [9.17, 15) is 0 Å². The van der Waals surface area contributed by atoms with Crippen molar-refractivity contribution in [1.82, 2.24) is 15.0 Å². The molecule has 5 rings (SSSR count). The van der Waals surface area contributed by atoms with Gasteiger partial charge in [-0.05, 0) is 93.9 Å². The first kappa shape index (κ1) is 22.7. The van der Waals surface area contributed by atoms with Crippen molar-refractivity contribution in [1.29, 1.82) is 0 Å². The molecule has 0 bridgehead atoms. The summed E-state index contributed by atoms with van der Waals surface area (Å²) in [7, 11) is 0. The van der Waals surface area contributed by atoms with Gasteiger partial charge in [0.15, 0.2) is 0 Å². The lowest BCUT2D eigenvalue weighted by Gasteiger charge is -2.22. The monoisotopic (exact) mass is 674 g/mol. The van der Waals surface area contributed by atoms with Crippen LogP contribution in [0.1, 0.15) is 24.4 Å². The Labute approximate surface area is 224 Å². The SMILES string of the molecule is Cc1ncc(-c2ccc3ncsc3c2)c(NC(C)c2c(I)ccc(-c3ccccc3)c2I)n1. The molecule has 1 atom stereocenters. The van der Waals surface area contributed by atoms with E-state index >= 15 is 0 Å². The third-order valence-electron chi connectivity index (χ3n) is 5.55. The van der Waals surface area contributed by atoms with Gasteiger partial charge in [0, 0.05) is 24.5 Å². The number of thiazole rings is 1. The lowest BCUT2D eigenvalue weighted by molar-refractivity contribution is 0.857. The molecule has 164 valence electrons. The maximum atomic E-state index is 4.78. The zero-order chi connectivity index (χ0) is 22.9. The van der Waals surface area contributed by atoms with E-state index in [2.05, 4.69) is 128 Å². The predicted octanol–water partition coefficient (Wildman–Crippen LogP) is 8.11. The average Bonchev–Trinajstić information content (AvgIpc) is 3.28. The van der Waals surface area contributed by atoms with E-state index in [1.807, 2.05) is 18.6 Å². The molecule has 4 nitrogen and oxygen atoms in total. The minimum atomic E-state index is 0.0626. The van der Waals surface area contributed by atoms with Crippen LogP contribution >= 0.6 is 56.5 Å². The molecule has 0 amide bonds. The topological polar surface area (TPSA) is 50.7 Å². The number of hydrogen-bond donors (Lipinski definition) is 1. The Bertz CT molecular complexity index is 1450. The van der Waals surface area contributed by atoms with Crippen LogP contribution in [0.3, 0.4) is 0 Å². The molecule has 33 heavy (non-hydrogen) atoms. The molecule has 0 fully saturated rings. The number of nitrogens with one attached hydrogen (secondary N) is 1. The maximum Gasteiger partial charge on any atom is 0.138 e. The van der Waals surface area contributed by atoms with Crippen LogP contribution in [0.4, 0.5) is 5.82 Å². The number of benzene rings is 3. The lowest BCUT2D eigenvalue weighted by Crippen LogP contribution is -2.13. The number of fused-ring (bicyclic) bond motifs is 1. The minimum Gasteiger partial charge on any atom is -0.363 e. The second-order valence-corrected chi connectivity index (χ2v) is 10.9. The number of aromatic nitrogens is 3. The summed E-state index contributed by atoms with van der Waals surface area (Å²) in [5.74, 6) is 1.59. The molecule has 2 heterocycles. The lowest BCUT2D eigenvalue weighted by atomic mass is 9.99. The van der Waals surface area contributed by atoms with Crippen molar-refractivity contribution < 1.29 is 0 Å². The molecule has 0 aliphatic heterocycles. The first-order chi connectivity index (χ1) is 16.0. The second-order valence-electron chi connectivity index (χ2n) is 7.77. The highest BCUT2D eigenvalue weighted by Crippen LogP contribution is 2.37. The zero-order valence-corrected chi connectivity index (χ0v) is 23.1. The summed E-state index contributed by atoms with van der Waals surface area (Å²) in [4.78, 5) is 13.7. The molecule has 0 saturated carbocycles. The molecular weight excluding hydrogens is 654 g/mol. The van der Waals surface area contributed by atoms with Crippen LogP contribution in [0, 0.1) is 14.1 Å². The van der Waals surface area contributed by atoms with E-state index in [0.717, 1.165) is 33.0 Å². The van der Waals surface area contributed by atoms with Gasteiger partial charge in [-0.15, -0.1) is 11.3 Å². The Morgan fingerprint density at radius 1 is 0.909 bits per heavy atom. The van der Waals surface area contributed by atoms with Gasteiger partial charge in [0.05, 0.1) is 21.8 Å². The molecule has 0 aliphatic carbocycles. The molecular formula is C26H20I2N4S. The molecule has 1 unspecified atom stereocenters. The fourth-order valence-electron chi connectivity index (χ4n) is 3.90. The number of aryl methyl sites for hydroxylation is 1. The summed E-state index contributed by atoms with van der Waals surface area (Å²) in [5.41, 5.74) is 8.72. The van der Waals surface area contributed by atoms with Crippen LogP contribution in [0.15, 0.2) is 72.4 Å². The molecule has 0 radical (unpaired) electrons. The fourth-order valence-corrected chi connectivity index (χ4v) is 7.30. The average molecular weight is 674 g/mol. The van der Waals surface area contributed by atoms with E-state index < -0.39 is 0 Å². The minimum absolute atomic E-state index is 0.0626. The van der Waals surface area contributed by atoms with Crippen molar-refractivity contribution in [3.05, 3.63) is 90.9 Å². The van der Waals surface area contributed by atoms with E-state index in [0.29, 0.717) is 0 Å². The van der Waals surface area contributed by atoms with Gasteiger partial charge in [-0.3, -0.25) is 0 Å². The van der Waals surface area contributed by atoms with Gasteiger partial charge in [0.25, 0.3) is 0 Å². The highest BCUT2D eigenvalue weighted by molar-refractivity contribution is 14.1. The van der Waals surface area contributed by atoms with Crippen molar-refractivity contribution in [2.45, 2.75) is 19.9 Å². The second kappa shape index (κ2) is 9.63. The Balaban J connectivity index is 1.54. The highest BCUT2D eigenvalue weighted by atomic mass is 127. The Kier molecular flexibility index (Phi) is 6.62. The summed E-state index contributed by atoms with van der Waals surface area (Å²) in [6, 6.07) is 21.3. The third-order valence-corrected chi connectivity index (χ3v) is 8.44. The summed E-state index contributed by atoms with van der Waals surface area (Å²) >= 11 is 6.56. The van der Waals surface area contributed by atoms with Gasteiger partial charge >= 0.3 is 0 Å². The first-order valence-corrected chi connectivity index (χ1v) is 13.5. The van der Waals surface area contributed by atoms with Gasteiger partial charge < -0.3 is 5.32 Å². The third kappa shape index (κ3) is 4.63. The molecule has 0 aliphatic rings. The predicted molar refractivity (Wildman–Crippen MR) is 155 cm³/mol. The number of anilines is 1. The smallest absolute Gasteiger partial charge is 0.138 e. The Hall–Kier alpha value is -2.11. The van der Waals surface area contributed by atoms with Crippen molar-refractivity contribution in [2.24, 2.45) is 0 Å². The van der Waals surface area contributed by atoms with E-state index in [1.165, 1.54) is 23.8 Å². The molecule has 1 N–H and O–H groups in total. The summed E-state index contributed by atoms with van der Waals surface area (Å²) < 4.78 is 3.64. The van der Waals surface area contributed by atoms with Crippen LogP contribution in [-0.2, 0) is 0 Å². The summed E-state index contributed by atoms with van der Waals surface area (Å²) in [5, 5.41) is 3.70. The molecule has 2 aromatic heterocycles. The first-order valence-electron chi connectivity index (χ1n) is 10.5. The molecule has 0 saturated heterocycles. The molecule has 0 spiro atoms. The molecule has 7 heteroatoms. The van der Waals surface area contributed by atoms with Crippen molar-refractivity contribution in [2.75, 3.05) is 5.32 Å². The van der Waals surface area contributed by atoms with Crippen molar-refractivity contribution >= 4 is 72.6 Å².